The topological polar surface area (TPSA) is 140 Å². The predicted octanol–water partition coefficient (Wildman–Crippen LogP) is 10.4. The average molecular weight is 900 g/mol. The normalized spacial score (nSPS) is 23.1. The van der Waals surface area contributed by atoms with Crippen molar-refractivity contribution in [1.29, 1.82) is 0 Å². The molecular weight excluding hydrogens is 839 g/mol. The van der Waals surface area contributed by atoms with Crippen LogP contribution < -0.4 is 9.47 Å². The van der Waals surface area contributed by atoms with Gasteiger partial charge in [-0.3, -0.25) is 4.98 Å². The molecule has 342 valence electrons. The van der Waals surface area contributed by atoms with E-state index in [9.17, 15) is 10.2 Å². The highest BCUT2D eigenvalue weighted by atomic mass is 32.2. The first-order valence-electron chi connectivity index (χ1n) is 23.2. The van der Waals surface area contributed by atoms with Gasteiger partial charge in [-0.15, -0.1) is 6.58 Å². The maximum atomic E-state index is 15.5. The molecule has 3 aliphatic rings. The van der Waals surface area contributed by atoms with Crippen molar-refractivity contribution < 1.29 is 37.7 Å². The van der Waals surface area contributed by atoms with Crippen LogP contribution in [-0.4, -0.2) is 78.4 Å². The Morgan fingerprint density at radius 1 is 0.892 bits per heavy atom. The number of rotatable bonds is 21. The quantitative estimate of drug-likeness (QED) is 0.0418. The van der Waals surface area contributed by atoms with E-state index >= 15 is 8.42 Å². The Bertz CT molecular complexity index is 2580. The maximum absolute atomic E-state index is 15.5. The molecule has 1 aromatic heterocycles. The smallest absolute Gasteiger partial charge is 0.245 e. The SMILES string of the molecule is C=CCOC12Oc3ccc(Oc4ccc(-c5ccccc5)cc4)cc3C3C(CCCCO)C(CCCCO)C=C(C(=NOCC)CC1N(CCC)S(=O)(=O)c1cccc4cccnc14)C32. The lowest BCUT2D eigenvalue weighted by atomic mass is 9.55. The Labute approximate surface area is 383 Å². The Balaban J connectivity index is 1.32. The summed E-state index contributed by atoms with van der Waals surface area (Å²) < 4.78 is 53.7. The molecule has 11 nitrogen and oxygen atoms in total. The number of aliphatic hydroxyl groups is 2. The summed E-state index contributed by atoms with van der Waals surface area (Å²) in [5, 5.41) is 25.5. The van der Waals surface area contributed by atoms with Crippen LogP contribution in [0.15, 0.2) is 144 Å². The van der Waals surface area contributed by atoms with Gasteiger partial charge in [-0.05, 0) is 110 Å². The molecule has 6 unspecified atom stereocenters. The van der Waals surface area contributed by atoms with E-state index in [1.54, 1.807) is 34.8 Å². The molecule has 1 fully saturated rings. The van der Waals surface area contributed by atoms with Gasteiger partial charge in [0.1, 0.15) is 28.8 Å². The molecular formula is C53H61N3O8S. The molecule has 0 spiro atoms. The molecule has 12 heteroatoms. The molecule has 2 heterocycles. The number of aliphatic hydroxyl groups excluding tert-OH is 2. The molecule has 4 aromatic carbocycles. The Hall–Kier alpha value is -5.37. The monoisotopic (exact) mass is 899 g/mol. The minimum Gasteiger partial charge on any atom is -0.460 e. The number of hydrogen-bond acceptors (Lipinski definition) is 10. The fraction of sp³-hybridized carbons (Fsp3) is 0.396. The average Bonchev–Trinajstić information content (AvgIpc) is 3.33. The number of hydrogen-bond donors (Lipinski definition) is 2. The van der Waals surface area contributed by atoms with Crippen molar-refractivity contribution in [3.8, 4) is 28.4 Å². The highest BCUT2D eigenvalue weighted by Crippen LogP contribution is 2.62. The molecule has 0 amide bonds. The van der Waals surface area contributed by atoms with Gasteiger partial charge in [-0.1, -0.05) is 97.7 Å². The van der Waals surface area contributed by atoms with Crippen LogP contribution >= 0.6 is 0 Å². The fourth-order valence-electron chi connectivity index (χ4n) is 10.4. The number of oxime groups is 1. The van der Waals surface area contributed by atoms with Crippen molar-refractivity contribution in [2.75, 3.05) is 33.0 Å². The Kier molecular flexibility index (Phi) is 14.8. The number of benzene rings is 4. The van der Waals surface area contributed by atoms with Crippen LogP contribution in [0.3, 0.4) is 0 Å². The molecule has 1 saturated carbocycles. The number of ether oxygens (including phenoxy) is 3. The van der Waals surface area contributed by atoms with Crippen LogP contribution in [0.5, 0.6) is 17.2 Å². The highest BCUT2D eigenvalue weighted by molar-refractivity contribution is 7.89. The summed E-state index contributed by atoms with van der Waals surface area (Å²) in [6.45, 7) is 8.64. The molecule has 0 bridgehead atoms. The van der Waals surface area contributed by atoms with Gasteiger partial charge in [0.05, 0.1) is 29.8 Å². The van der Waals surface area contributed by atoms with Crippen LogP contribution in [0.25, 0.3) is 22.0 Å². The lowest BCUT2D eigenvalue weighted by molar-refractivity contribution is -0.251. The van der Waals surface area contributed by atoms with Crippen LogP contribution in [0, 0.1) is 17.8 Å². The lowest BCUT2D eigenvalue weighted by Crippen LogP contribution is -2.70. The molecule has 0 saturated heterocycles. The van der Waals surface area contributed by atoms with Gasteiger partial charge >= 0.3 is 0 Å². The summed E-state index contributed by atoms with van der Waals surface area (Å²) in [4.78, 5) is 10.6. The van der Waals surface area contributed by atoms with Crippen molar-refractivity contribution in [1.82, 2.24) is 9.29 Å². The first-order valence-corrected chi connectivity index (χ1v) is 24.6. The predicted molar refractivity (Wildman–Crippen MR) is 254 cm³/mol. The highest BCUT2D eigenvalue weighted by Gasteiger charge is 2.66. The van der Waals surface area contributed by atoms with Crippen molar-refractivity contribution in [2.24, 2.45) is 22.9 Å². The number of unbranched alkanes of at least 4 members (excludes halogenated alkanes) is 2. The van der Waals surface area contributed by atoms with E-state index in [1.165, 1.54) is 0 Å². The summed E-state index contributed by atoms with van der Waals surface area (Å²) >= 11 is 0. The van der Waals surface area contributed by atoms with Crippen molar-refractivity contribution in [3.05, 3.63) is 139 Å². The molecule has 8 rings (SSSR count). The third-order valence-electron chi connectivity index (χ3n) is 13.1. The summed E-state index contributed by atoms with van der Waals surface area (Å²) in [6.07, 6.45) is 10.7. The molecule has 2 N–H and O–H groups in total. The Morgan fingerprint density at radius 2 is 1.63 bits per heavy atom. The van der Waals surface area contributed by atoms with Crippen LogP contribution in [0.4, 0.5) is 0 Å². The van der Waals surface area contributed by atoms with E-state index in [-0.39, 0.29) is 55.4 Å². The number of aromatic nitrogens is 1. The molecule has 1 aliphatic heterocycles. The fourth-order valence-corrected chi connectivity index (χ4v) is 12.3. The molecule has 2 aliphatic carbocycles. The minimum atomic E-state index is -4.27. The van der Waals surface area contributed by atoms with Crippen LogP contribution in [-0.2, 0) is 19.6 Å². The van der Waals surface area contributed by atoms with Gasteiger partial charge in [0.25, 0.3) is 0 Å². The van der Waals surface area contributed by atoms with Gasteiger partial charge in [-0.25, -0.2) is 8.42 Å². The number of pyridine rings is 1. The molecule has 0 radical (unpaired) electrons. The van der Waals surface area contributed by atoms with E-state index in [0.29, 0.717) is 59.7 Å². The van der Waals surface area contributed by atoms with Crippen molar-refractivity contribution in [3.63, 3.8) is 0 Å². The van der Waals surface area contributed by atoms with Crippen molar-refractivity contribution in [2.45, 2.75) is 87.9 Å². The summed E-state index contributed by atoms with van der Waals surface area (Å²) in [5.74, 6) is -0.417. The maximum Gasteiger partial charge on any atom is 0.245 e. The summed E-state index contributed by atoms with van der Waals surface area (Å²) in [7, 11) is -4.27. The zero-order valence-corrected chi connectivity index (χ0v) is 38.2. The third kappa shape index (κ3) is 9.37. The number of sulfonamides is 1. The largest absolute Gasteiger partial charge is 0.460 e. The van der Waals surface area contributed by atoms with Crippen LogP contribution in [0.1, 0.15) is 76.7 Å². The zero-order chi connectivity index (χ0) is 45.4. The minimum absolute atomic E-state index is 0.00866. The van der Waals surface area contributed by atoms with Gasteiger partial charge in [0.15, 0.2) is 0 Å². The second kappa shape index (κ2) is 20.9. The lowest BCUT2D eigenvalue weighted by Gasteiger charge is -2.59. The Morgan fingerprint density at radius 3 is 2.37 bits per heavy atom. The number of nitrogens with zero attached hydrogens (tertiary/aromatic N) is 3. The van der Waals surface area contributed by atoms with Gasteiger partial charge in [-0.2, -0.15) is 4.31 Å². The zero-order valence-electron chi connectivity index (χ0n) is 37.4. The van der Waals surface area contributed by atoms with E-state index in [2.05, 4.69) is 48.0 Å². The first kappa shape index (κ1) is 46.2. The number of allylic oxidation sites excluding steroid dienone is 1. The van der Waals surface area contributed by atoms with Crippen molar-refractivity contribution >= 4 is 26.6 Å². The van der Waals surface area contributed by atoms with E-state index in [0.717, 1.165) is 47.9 Å². The van der Waals surface area contributed by atoms with Gasteiger partial charge < -0.3 is 29.3 Å². The second-order valence-electron chi connectivity index (χ2n) is 17.1. The third-order valence-corrected chi connectivity index (χ3v) is 15.1. The molecule has 5 aromatic rings. The molecule has 6 atom stereocenters. The summed E-state index contributed by atoms with van der Waals surface area (Å²) in [6, 6.07) is 32.1. The first-order chi connectivity index (χ1) is 31.8. The van der Waals surface area contributed by atoms with E-state index in [1.807, 2.05) is 68.4 Å². The standard InChI is InChI=1S/C53H61N3O8S/c1-4-30-56(65(59,60)48-22-14-19-39-20-15-29-54-52(39)48)49-36-46(55-62-6-3)44-34-40(18-10-12-31-57)43(21-11-13-32-58)50-45-35-42(27-28-47(45)64-53(49,51(44)50)61-33-5-2)63-41-25-23-38(24-26-41)37-16-8-7-9-17-37/h5,7-9,14-17,19-20,22-29,34-35,40,43,49-51,57-58H,2,4,6,10-13,18,21,30-33,36H2,1,3H3. The number of para-hydroxylation sites is 1. The summed E-state index contributed by atoms with van der Waals surface area (Å²) in [5.41, 5.74) is 5.07. The molecule has 65 heavy (non-hydrogen) atoms. The van der Waals surface area contributed by atoms with Gasteiger partial charge in [0, 0.05) is 49.2 Å². The van der Waals surface area contributed by atoms with E-state index in [4.69, 9.17) is 24.2 Å². The second-order valence-corrected chi connectivity index (χ2v) is 19.0. The van der Waals surface area contributed by atoms with Gasteiger partial charge in [0.2, 0.25) is 15.8 Å². The van der Waals surface area contributed by atoms with Crippen LogP contribution in [0.2, 0.25) is 0 Å². The van der Waals surface area contributed by atoms with E-state index < -0.39 is 27.8 Å². The number of fused-ring (bicyclic) bond motifs is 3.